The Hall–Kier alpha value is -4.43. The number of nitrogens with zero attached hydrogens (tertiary/aromatic N) is 3. The average molecular weight is 543 g/mol. The number of benzene rings is 3. The highest BCUT2D eigenvalue weighted by Crippen LogP contribution is 2.29. The summed E-state index contributed by atoms with van der Waals surface area (Å²) in [5.74, 6) is 1.30. The molecule has 1 fully saturated rings. The fraction of sp³-hybridized carbons (Fsp3) is 0.200. The molecule has 5 rings (SSSR count). The second kappa shape index (κ2) is 12.0. The Labute approximate surface area is 231 Å². The number of aliphatic carboxylic acids is 1. The maximum Gasteiger partial charge on any atom is 0.308 e. The molecule has 2 heterocycles. The predicted molar refractivity (Wildman–Crippen MR) is 150 cm³/mol. The summed E-state index contributed by atoms with van der Waals surface area (Å²) in [4.78, 5) is 35.3. The number of hydrogen-bond donors (Lipinski definition) is 2. The van der Waals surface area contributed by atoms with Crippen molar-refractivity contribution in [1.29, 1.82) is 0 Å². The van der Waals surface area contributed by atoms with E-state index in [-0.39, 0.29) is 17.5 Å². The van der Waals surface area contributed by atoms with Crippen molar-refractivity contribution < 1.29 is 19.4 Å². The van der Waals surface area contributed by atoms with Gasteiger partial charge in [0.05, 0.1) is 6.42 Å². The predicted octanol–water partition coefficient (Wildman–Crippen LogP) is 5.99. The van der Waals surface area contributed by atoms with E-state index in [9.17, 15) is 14.7 Å². The van der Waals surface area contributed by atoms with Gasteiger partial charge in [-0.1, -0.05) is 41.9 Å². The van der Waals surface area contributed by atoms with Gasteiger partial charge in [0.2, 0.25) is 0 Å². The summed E-state index contributed by atoms with van der Waals surface area (Å²) in [6.45, 7) is 1.63. The van der Waals surface area contributed by atoms with E-state index in [1.165, 1.54) is 0 Å². The number of carbonyl (C=O) groups is 2. The molecule has 1 amide bonds. The van der Waals surface area contributed by atoms with Crippen LogP contribution >= 0.6 is 11.6 Å². The second-order valence-corrected chi connectivity index (χ2v) is 9.62. The first-order valence-corrected chi connectivity index (χ1v) is 13.1. The van der Waals surface area contributed by atoms with Gasteiger partial charge in [0.1, 0.15) is 28.3 Å². The Morgan fingerprint density at radius 2 is 1.56 bits per heavy atom. The SMILES string of the molecule is O=C(O)Cc1c(Cl)nc(Cc2ccc(NC(=O)c3ccc(Oc4ccccc4)cc3)cc2)nc1N1CCCC1. The van der Waals surface area contributed by atoms with Gasteiger partial charge in [-0.3, -0.25) is 9.59 Å². The third kappa shape index (κ3) is 6.72. The third-order valence-corrected chi connectivity index (χ3v) is 6.70. The van der Waals surface area contributed by atoms with Crippen LogP contribution in [0.25, 0.3) is 0 Å². The smallest absolute Gasteiger partial charge is 0.308 e. The monoisotopic (exact) mass is 542 g/mol. The van der Waals surface area contributed by atoms with E-state index in [1.807, 2.05) is 54.6 Å². The molecule has 1 aliphatic rings. The zero-order valence-electron chi connectivity index (χ0n) is 21.1. The molecule has 8 nitrogen and oxygen atoms in total. The van der Waals surface area contributed by atoms with Crippen LogP contribution in [0, 0.1) is 0 Å². The van der Waals surface area contributed by atoms with Crippen molar-refractivity contribution in [2.45, 2.75) is 25.7 Å². The fourth-order valence-corrected chi connectivity index (χ4v) is 4.70. The molecule has 0 unspecified atom stereocenters. The summed E-state index contributed by atoms with van der Waals surface area (Å²) in [6.07, 6.45) is 2.26. The molecule has 39 heavy (non-hydrogen) atoms. The number of carboxylic acid groups (broad SMARTS) is 1. The normalized spacial score (nSPS) is 12.8. The van der Waals surface area contributed by atoms with Crippen LogP contribution in [-0.4, -0.2) is 40.0 Å². The first-order valence-electron chi connectivity index (χ1n) is 12.7. The standard InChI is InChI=1S/C30H27ClN4O4/c31-28-25(19-27(36)37)29(35-16-4-5-17-35)34-26(33-28)18-20-8-12-22(13-9-20)32-30(38)21-10-14-24(15-11-21)39-23-6-2-1-3-7-23/h1-3,6-15H,4-5,16-19H2,(H,32,38)(H,36,37). The van der Waals surface area contributed by atoms with Crippen LogP contribution in [0.1, 0.15) is 40.2 Å². The van der Waals surface area contributed by atoms with Crippen molar-refractivity contribution in [2.75, 3.05) is 23.3 Å². The minimum absolute atomic E-state index is 0.174. The lowest BCUT2D eigenvalue weighted by molar-refractivity contribution is -0.136. The second-order valence-electron chi connectivity index (χ2n) is 9.26. The van der Waals surface area contributed by atoms with E-state index < -0.39 is 5.97 Å². The van der Waals surface area contributed by atoms with Gasteiger partial charge in [0, 0.05) is 36.3 Å². The summed E-state index contributed by atoms with van der Waals surface area (Å²) in [7, 11) is 0. The average Bonchev–Trinajstić information content (AvgIpc) is 3.47. The molecule has 1 aromatic heterocycles. The van der Waals surface area contributed by atoms with Crippen LogP contribution in [0.3, 0.4) is 0 Å². The number of amides is 1. The van der Waals surface area contributed by atoms with Gasteiger partial charge in [-0.2, -0.15) is 0 Å². The number of aromatic nitrogens is 2. The molecular weight excluding hydrogens is 516 g/mol. The Kier molecular flexibility index (Phi) is 8.03. The van der Waals surface area contributed by atoms with Crippen molar-refractivity contribution in [3.05, 3.63) is 107 Å². The van der Waals surface area contributed by atoms with Gasteiger partial charge in [0.15, 0.2) is 0 Å². The number of nitrogens with one attached hydrogen (secondary N) is 1. The Morgan fingerprint density at radius 1 is 0.897 bits per heavy atom. The van der Waals surface area contributed by atoms with Crippen LogP contribution in [0.2, 0.25) is 5.15 Å². The summed E-state index contributed by atoms with van der Waals surface area (Å²) < 4.78 is 5.78. The molecule has 3 aromatic carbocycles. The molecule has 0 aliphatic carbocycles. The molecule has 0 radical (unpaired) electrons. The lowest BCUT2D eigenvalue weighted by Crippen LogP contribution is -2.23. The maximum atomic E-state index is 12.7. The van der Waals surface area contributed by atoms with Crippen molar-refractivity contribution in [1.82, 2.24) is 9.97 Å². The largest absolute Gasteiger partial charge is 0.481 e. The minimum atomic E-state index is -0.970. The van der Waals surface area contributed by atoms with Crippen LogP contribution in [0.15, 0.2) is 78.9 Å². The van der Waals surface area contributed by atoms with E-state index >= 15 is 0 Å². The lowest BCUT2D eigenvalue weighted by atomic mass is 10.1. The van der Waals surface area contributed by atoms with Gasteiger partial charge in [-0.15, -0.1) is 0 Å². The zero-order valence-corrected chi connectivity index (χ0v) is 21.9. The molecule has 9 heteroatoms. The molecule has 0 bridgehead atoms. The lowest BCUT2D eigenvalue weighted by Gasteiger charge is -2.21. The summed E-state index contributed by atoms with van der Waals surface area (Å²) in [5.41, 5.74) is 2.55. The number of carbonyl (C=O) groups excluding carboxylic acids is 1. The highest BCUT2D eigenvalue weighted by Gasteiger charge is 2.23. The molecule has 1 saturated heterocycles. The van der Waals surface area contributed by atoms with E-state index in [2.05, 4.69) is 15.2 Å². The quantitative estimate of drug-likeness (QED) is 0.250. The van der Waals surface area contributed by atoms with E-state index in [1.54, 1.807) is 24.3 Å². The van der Waals surface area contributed by atoms with Crippen LogP contribution in [0.5, 0.6) is 11.5 Å². The first kappa shape index (κ1) is 26.2. The summed E-state index contributed by atoms with van der Waals surface area (Å²) in [5, 5.41) is 12.4. The van der Waals surface area contributed by atoms with E-state index in [4.69, 9.17) is 21.3 Å². The number of anilines is 2. The number of carboxylic acids is 1. The molecule has 0 saturated carbocycles. The number of para-hydroxylation sites is 1. The van der Waals surface area contributed by atoms with Crippen LogP contribution < -0.4 is 15.0 Å². The molecule has 1 aliphatic heterocycles. The van der Waals surface area contributed by atoms with Gasteiger partial charge in [0.25, 0.3) is 5.91 Å². The van der Waals surface area contributed by atoms with Gasteiger partial charge < -0.3 is 20.1 Å². The number of hydrogen-bond acceptors (Lipinski definition) is 6. The zero-order chi connectivity index (χ0) is 27.2. The maximum absolute atomic E-state index is 12.7. The molecule has 0 spiro atoms. The first-order chi connectivity index (χ1) is 18.9. The van der Waals surface area contributed by atoms with Gasteiger partial charge >= 0.3 is 5.97 Å². The molecular formula is C30H27ClN4O4. The van der Waals surface area contributed by atoms with Crippen molar-refractivity contribution >= 4 is 35.0 Å². The Balaban J connectivity index is 1.24. The molecule has 198 valence electrons. The number of rotatable bonds is 9. The molecule has 2 N–H and O–H groups in total. The molecule has 4 aromatic rings. The van der Waals surface area contributed by atoms with E-state index in [0.29, 0.717) is 40.6 Å². The van der Waals surface area contributed by atoms with E-state index in [0.717, 1.165) is 37.2 Å². The summed E-state index contributed by atoms with van der Waals surface area (Å²) >= 11 is 6.42. The number of ether oxygens (including phenoxy) is 1. The topological polar surface area (TPSA) is 105 Å². The van der Waals surface area contributed by atoms with Crippen molar-refractivity contribution in [3.8, 4) is 11.5 Å². The third-order valence-electron chi connectivity index (χ3n) is 6.38. The van der Waals surface area contributed by atoms with Gasteiger partial charge in [-0.05, 0) is 66.9 Å². The van der Waals surface area contributed by atoms with Crippen LogP contribution in [-0.2, 0) is 17.6 Å². The Bertz CT molecular complexity index is 1460. The minimum Gasteiger partial charge on any atom is -0.481 e. The highest BCUT2D eigenvalue weighted by atomic mass is 35.5. The number of halogens is 1. The molecule has 0 atom stereocenters. The van der Waals surface area contributed by atoms with Gasteiger partial charge in [-0.25, -0.2) is 9.97 Å². The van der Waals surface area contributed by atoms with Crippen LogP contribution in [0.4, 0.5) is 11.5 Å². The Morgan fingerprint density at radius 3 is 2.23 bits per heavy atom. The van der Waals surface area contributed by atoms with Crippen molar-refractivity contribution in [2.24, 2.45) is 0 Å². The summed E-state index contributed by atoms with van der Waals surface area (Å²) in [6, 6.07) is 23.8. The van der Waals surface area contributed by atoms with Crippen molar-refractivity contribution in [3.63, 3.8) is 0 Å². The fourth-order valence-electron chi connectivity index (χ4n) is 4.45. The highest BCUT2D eigenvalue weighted by molar-refractivity contribution is 6.30.